The average molecular weight is 731 g/mol. The van der Waals surface area contributed by atoms with E-state index < -0.39 is 16.1 Å². The van der Waals surface area contributed by atoms with Crippen LogP contribution in [0, 0.1) is 10.1 Å². The van der Waals surface area contributed by atoms with Crippen molar-refractivity contribution >= 4 is 34.8 Å². The number of nitrogens with zero attached hydrogens (tertiary/aromatic N) is 4. The van der Waals surface area contributed by atoms with Crippen molar-refractivity contribution in [3.63, 3.8) is 0 Å². The highest BCUT2D eigenvalue weighted by Crippen LogP contribution is 2.55. The average Bonchev–Trinajstić information content (AvgIpc) is 3.35. The first-order valence-electron chi connectivity index (χ1n) is 19.1. The fourth-order valence-corrected chi connectivity index (χ4v) is 7.28. The number of azo groups is 1. The number of fused-ring (bicyclic) bond motifs is 2. The van der Waals surface area contributed by atoms with E-state index in [1.807, 2.05) is 78.9 Å². The van der Waals surface area contributed by atoms with Crippen molar-refractivity contribution in [2.75, 3.05) is 24.7 Å². The Morgan fingerprint density at radius 3 is 2.30 bits per heavy atom. The maximum Gasteiger partial charge on any atom is 0.305 e. The molecule has 2 aliphatic heterocycles. The highest BCUT2D eigenvalue weighted by atomic mass is 16.6. The normalized spacial score (nSPS) is 16.6. The van der Waals surface area contributed by atoms with Gasteiger partial charge in [0, 0.05) is 29.8 Å². The number of nitro benzene ring substituents is 1. The molecule has 2 aliphatic rings. The topological polar surface area (TPSA) is 116 Å². The van der Waals surface area contributed by atoms with Crippen LogP contribution in [0.25, 0.3) is 6.08 Å². The van der Waals surface area contributed by atoms with Gasteiger partial charge in [0.2, 0.25) is 5.72 Å². The summed E-state index contributed by atoms with van der Waals surface area (Å²) in [6.45, 7) is 7.81. The predicted molar refractivity (Wildman–Crippen MR) is 212 cm³/mol. The number of nitro groups is 1. The summed E-state index contributed by atoms with van der Waals surface area (Å²) >= 11 is 0. The van der Waals surface area contributed by atoms with Crippen LogP contribution in [-0.4, -0.2) is 36.4 Å². The van der Waals surface area contributed by atoms with Crippen molar-refractivity contribution < 1.29 is 23.9 Å². The number of carbonyl (C=O) groups excluding carboxylic acids is 1. The molecule has 0 saturated carbocycles. The second-order valence-corrected chi connectivity index (χ2v) is 14.5. The number of benzene rings is 4. The van der Waals surface area contributed by atoms with E-state index in [0.717, 1.165) is 53.4 Å². The first kappa shape index (κ1) is 38.2. The first-order chi connectivity index (χ1) is 26.2. The van der Waals surface area contributed by atoms with Crippen LogP contribution in [0.4, 0.5) is 22.7 Å². The third-order valence-electron chi connectivity index (χ3n) is 10.4. The maximum atomic E-state index is 12.8. The lowest BCUT2D eigenvalue weighted by Gasteiger charge is -2.47. The summed E-state index contributed by atoms with van der Waals surface area (Å²) in [6, 6.07) is 28.3. The van der Waals surface area contributed by atoms with Gasteiger partial charge in [-0.05, 0) is 105 Å². The van der Waals surface area contributed by atoms with Crippen molar-refractivity contribution in [1.82, 2.24) is 0 Å². The molecule has 0 N–H and O–H groups in total. The van der Waals surface area contributed by atoms with Crippen LogP contribution in [-0.2, 0) is 21.4 Å². The van der Waals surface area contributed by atoms with E-state index in [0.29, 0.717) is 30.7 Å². The van der Waals surface area contributed by atoms with Crippen LogP contribution in [0.2, 0.25) is 0 Å². The summed E-state index contributed by atoms with van der Waals surface area (Å²) in [6.07, 6.45) is 13.0. The number of hydrogen-bond donors (Lipinski definition) is 0. The molecule has 1 unspecified atom stereocenters. The number of non-ortho nitro benzene ring substituents is 1. The SMILES string of the molecule is CCCCCCCCOc1ccc(N=Nc2ccc(CCCC(=O)OCCN3c4ccccc4C(C)(C)C34C=Cc3cc([N+](=O)[O-])ccc3O4)cc2)cc1. The van der Waals surface area contributed by atoms with Crippen molar-refractivity contribution in [2.45, 2.75) is 89.7 Å². The lowest BCUT2D eigenvalue weighted by atomic mass is 9.76. The van der Waals surface area contributed by atoms with Crippen LogP contribution in [0.3, 0.4) is 0 Å². The Hall–Kier alpha value is -5.51. The van der Waals surface area contributed by atoms with Gasteiger partial charge in [-0.25, -0.2) is 0 Å². The van der Waals surface area contributed by atoms with Gasteiger partial charge < -0.3 is 19.1 Å². The Kier molecular flexibility index (Phi) is 12.4. The zero-order valence-electron chi connectivity index (χ0n) is 31.5. The quantitative estimate of drug-likeness (QED) is 0.0329. The van der Waals surface area contributed by atoms with Crippen LogP contribution >= 0.6 is 0 Å². The lowest BCUT2D eigenvalue weighted by Crippen LogP contribution is -2.60. The molecule has 4 aromatic rings. The van der Waals surface area contributed by atoms with Crippen LogP contribution in [0.5, 0.6) is 11.5 Å². The molecule has 0 radical (unpaired) electrons. The molecule has 1 atom stereocenters. The largest absolute Gasteiger partial charge is 0.494 e. The minimum atomic E-state index is -0.912. The summed E-state index contributed by atoms with van der Waals surface area (Å²) in [4.78, 5) is 25.9. The summed E-state index contributed by atoms with van der Waals surface area (Å²) in [7, 11) is 0. The van der Waals surface area contributed by atoms with Gasteiger partial charge in [-0.2, -0.15) is 10.2 Å². The number of carbonyl (C=O) groups is 1. The van der Waals surface area contributed by atoms with Crippen LogP contribution < -0.4 is 14.4 Å². The van der Waals surface area contributed by atoms with Crippen molar-refractivity contribution in [1.29, 1.82) is 0 Å². The molecular formula is C44H50N4O6. The van der Waals surface area contributed by atoms with Gasteiger partial charge in [-0.3, -0.25) is 14.9 Å². The van der Waals surface area contributed by atoms with E-state index >= 15 is 0 Å². The minimum Gasteiger partial charge on any atom is -0.494 e. The molecular weight excluding hydrogens is 681 g/mol. The van der Waals surface area contributed by atoms with Crippen molar-refractivity contribution in [3.8, 4) is 11.5 Å². The summed E-state index contributed by atoms with van der Waals surface area (Å²) < 4.78 is 18.3. The zero-order valence-corrected chi connectivity index (χ0v) is 31.5. The third-order valence-corrected chi connectivity index (χ3v) is 10.4. The van der Waals surface area contributed by atoms with Gasteiger partial charge >= 0.3 is 5.97 Å². The summed E-state index contributed by atoms with van der Waals surface area (Å²) in [5.41, 5.74) is 4.01. The van der Waals surface area contributed by atoms with Crippen LogP contribution in [0.1, 0.15) is 88.8 Å². The van der Waals surface area contributed by atoms with Gasteiger partial charge in [-0.1, -0.05) is 69.4 Å². The molecule has 6 rings (SSSR count). The fourth-order valence-electron chi connectivity index (χ4n) is 7.28. The Morgan fingerprint density at radius 1 is 0.852 bits per heavy atom. The van der Waals surface area contributed by atoms with E-state index in [1.165, 1.54) is 44.2 Å². The molecule has 0 aromatic heterocycles. The number of anilines is 1. The molecule has 0 bridgehead atoms. The second kappa shape index (κ2) is 17.5. The van der Waals surface area contributed by atoms with E-state index in [9.17, 15) is 14.9 Å². The van der Waals surface area contributed by atoms with E-state index in [4.69, 9.17) is 14.2 Å². The molecule has 0 amide bonds. The Balaban J connectivity index is 0.955. The lowest BCUT2D eigenvalue weighted by molar-refractivity contribution is -0.384. The third kappa shape index (κ3) is 8.81. The smallest absolute Gasteiger partial charge is 0.305 e. The molecule has 10 nitrogen and oxygen atoms in total. The zero-order chi connectivity index (χ0) is 38.0. The van der Waals surface area contributed by atoms with Gasteiger partial charge in [0.1, 0.15) is 18.1 Å². The molecule has 0 aliphatic carbocycles. The summed E-state index contributed by atoms with van der Waals surface area (Å²) in [5, 5.41) is 20.1. The molecule has 2 heterocycles. The first-order valence-corrected chi connectivity index (χ1v) is 19.1. The Morgan fingerprint density at radius 2 is 1.56 bits per heavy atom. The monoisotopic (exact) mass is 730 g/mol. The van der Waals surface area contributed by atoms with Gasteiger partial charge in [-0.15, -0.1) is 0 Å². The van der Waals surface area contributed by atoms with Gasteiger partial charge in [0.05, 0.1) is 34.9 Å². The molecule has 0 saturated heterocycles. The fraction of sp³-hybridized carbons (Fsp3) is 0.386. The molecule has 4 aromatic carbocycles. The highest BCUT2D eigenvalue weighted by molar-refractivity contribution is 5.73. The standard InChI is InChI=1S/C44H50N4O6/c1-4-5-6-7-8-11-30-52-38-24-21-36(22-25-38)46-45-35-19-17-33(18-20-35)13-12-16-42(49)53-31-29-47-40-15-10-9-14-39(40)43(2,3)44(47)28-27-34-32-37(48(50)51)23-26-41(34)54-44/h9-10,14-15,17-28,32H,4-8,11-13,16,29-31H2,1-3H3. The number of para-hydroxylation sites is 1. The highest BCUT2D eigenvalue weighted by Gasteiger charge is 2.58. The predicted octanol–water partition coefficient (Wildman–Crippen LogP) is 11.2. The summed E-state index contributed by atoms with van der Waals surface area (Å²) in [5.74, 6) is 1.16. The Bertz CT molecular complexity index is 1960. The van der Waals surface area contributed by atoms with Crippen molar-refractivity contribution in [2.24, 2.45) is 10.2 Å². The number of esters is 1. The molecule has 0 fully saturated rings. The number of rotatable bonds is 18. The van der Waals surface area contributed by atoms with E-state index in [-0.39, 0.29) is 18.3 Å². The molecule has 1 spiro atoms. The number of unbranched alkanes of at least 4 members (excludes halogenated alkanes) is 5. The van der Waals surface area contributed by atoms with Gasteiger partial charge in [0.25, 0.3) is 5.69 Å². The molecule has 282 valence electrons. The molecule has 10 heteroatoms. The number of ether oxygens (including phenoxy) is 3. The van der Waals surface area contributed by atoms with E-state index in [1.54, 1.807) is 6.07 Å². The minimum absolute atomic E-state index is 0.0108. The van der Waals surface area contributed by atoms with Crippen LogP contribution in [0.15, 0.2) is 107 Å². The van der Waals surface area contributed by atoms with Gasteiger partial charge in [0.15, 0.2) is 0 Å². The number of hydrogen-bond acceptors (Lipinski definition) is 9. The number of aryl methyl sites for hydroxylation is 1. The van der Waals surface area contributed by atoms with Crippen molar-refractivity contribution in [3.05, 3.63) is 124 Å². The Labute approximate surface area is 318 Å². The van der Waals surface area contributed by atoms with E-state index in [2.05, 4.69) is 42.0 Å². The molecule has 54 heavy (non-hydrogen) atoms. The second-order valence-electron chi connectivity index (χ2n) is 14.5. The maximum absolute atomic E-state index is 12.8.